The van der Waals surface area contributed by atoms with E-state index in [0.717, 1.165) is 57.1 Å². The number of ether oxygens (including phenoxy) is 1. The molecule has 0 atom stereocenters. The van der Waals surface area contributed by atoms with Crippen molar-refractivity contribution in [1.82, 2.24) is 15.4 Å². The third kappa shape index (κ3) is 5.77. The third-order valence-corrected chi connectivity index (χ3v) is 3.72. The molecule has 0 spiro atoms. The highest BCUT2D eigenvalue weighted by Gasteiger charge is 2.20. The molecule has 0 radical (unpaired) electrons. The number of nitrogens with one attached hydrogen (secondary N) is 1. The van der Waals surface area contributed by atoms with Gasteiger partial charge in [0.2, 0.25) is 0 Å². The van der Waals surface area contributed by atoms with Gasteiger partial charge in [-0.25, -0.2) is 0 Å². The molecule has 0 bridgehead atoms. The van der Waals surface area contributed by atoms with Crippen molar-refractivity contribution in [2.24, 2.45) is 0 Å². The van der Waals surface area contributed by atoms with E-state index < -0.39 is 0 Å². The Kier molecular flexibility index (Phi) is 5.79. The molecule has 2 heterocycles. The van der Waals surface area contributed by atoms with Crippen molar-refractivity contribution in [2.45, 2.75) is 65.3 Å². The first-order valence-electron chi connectivity index (χ1n) is 7.99. The van der Waals surface area contributed by atoms with Crippen LogP contribution in [0.4, 0.5) is 0 Å². The summed E-state index contributed by atoms with van der Waals surface area (Å²) in [5.74, 6) is 0.954. The minimum atomic E-state index is 0.0975. The molecule has 0 saturated carbocycles. The highest BCUT2D eigenvalue weighted by molar-refractivity contribution is 5.05. The lowest BCUT2D eigenvalue weighted by Gasteiger charge is -2.30. The maximum absolute atomic E-state index is 5.68. The van der Waals surface area contributed by atoms with Crippen molar-refractivity contribution in [3.63, 3.8) is 0 Å². The van der Waals surface area contributed by atoms with Crippen LogP contribution >= 0.6 is 0 Å². The second kappa shape index (κ2) is 7.38. The maximum Gasteiger partial charge on any atom is 0.151 e. The van der Waals surface area contributed by atoms with Crippen molar-refractivity contribution in [2.75, 3.05) is 19.7 Å². The summed E-state index contributed by atoms with van der Waals surface area (Å²) in [5, 5.41) is 7.56. The van der Waals surface area contributed by atoms with Gasteiger partial charge in [-0.05, 0) is 40.5 Å². The summed E-state index contributed by atoms with van der Waals surface area (Å²) in [6.45, 7) is 13.1. The molecule has 1 saturated heterocycles. The van der Waals surface area contributed by atoms with Gasteiger partial charge in [0.1, 0.15) is 0 Å². The quantitative estimate of drug-likeness (QED) is 0.874. The Balaban J connectivity index is 1.75. The lowest BCUT2D eigenvalue weighted by molar-refractivity contribution is 0.0108. The van der Waals surface area contributed by atoms with E-state index in [2.05, 4.69) is 49.1 Å². The molecule has 5 nitrogen and oxygen atoms in total. The summed E-state index contributed by atoms with van der Waals surface area (Å²) in [4.78, 5) is 2.41. The van der Waals surface area contributed by atoms with Crippen LogP contribution in [0.5, 0.6) is 0 Å². The van der Waals surface area contributed by atoms with Gasteiger partial charge < -0.3 is 14.6 Å². The fourth-order valence-corrected chi connectivity index (χ4v) is 2.56. The lowest BCUT2D eigenvalue weighted by Crippen LogP contribution is -2.36. The van der Waals surface area contributed by atoms with Crippen molar-refractivity contribution in [3.8, 4) is 0 Å². The molecule has 120 valence electrons. The Morgan fingerprint density at radius 1 is 1.38 bits per heavy atom. The molecular weight excluding hydrogens is 266 g/mol. The van der Waals surface area contributed by atoms with E-state index in [1.807, 2.05) is 0 Å². The zero-order chi connectivity index (χ0) is 15.3. The van der Waals surface area contributed by atoms with Crippen LogP contribution in [0.25, 0.3) is 0 Å². The standard InChI is InChI=1S/C16H29N3O2/c1-5-20-14-6-8-19(9-7-14)12-15-10-13(18-21-15)11-17-16(2,3)4/h10,14,17H,5-9,11-12H2,1-4H3. The molecular formula is C16H29N3O2. The molecule has 1 aliphatic heterocycles. The average Bonchev–Trinajstić information content (AvgIpc) is 2.86. The number of piperidine rings is 1. The Labute approximate surface area is 128 Å². The van der Waals surface area contributed by atoms with Crippen LogP contribution in [0.15, 0.2) is 10.6 Å². The lowest BCUT2D eigenvalue weighted by atomic mass is 10.1. The highest BCUT2D eigenvalue weighted by Crippen LogP contribution is 2.16. The van der Waals surface area contributed by atoms with E-state index in [1.54, 1.807) is 0 Å². The summed E-state index contributed by atoms with van der Waals surface area (Å²) < 4.78 is 11.1. The molecule has 1 aromatic rings. The van der Waals surface area contributed by atoms with Crippen LogP contribution in [0, 0.1) is 0 Å². The molecule has 2 rings (SSSR count). The second-order valence-corrected chi connectivity index (χ2v) is 6.82. The number of hydrogen-bond acceptors (Lipinski definition) is 5. The molecule has 0 aliphatic carbocycles. The number of nitrogens with zero attached hydrogens (tertiary/aromatic N) is 2. The third-order valence-electron chi connectivity index (χ3n) is 3.72. The minimum Gasteiger partial charge on any atom is -0.378 e. The van der Waals surface area contributed by atoms with Crippen LogP contribution < -0.4 is 5.32 Å². The van der Waals surface area contributed by atoms with Gasteiger partial charge in [0.25, 0.3) is 0 Å². The summed E-state index contributed by atoms with van der Waals surface area (Å²) in [5.41, 5.74) is 1.07. The summed E-state index contributed by atoms with van der Waals surface area (Å²) >= 11 is 0. The Bertz CT molecular complexity index is 417. The molecule has 0 unspecified atom stereocenters. The van der Waals surface area contributed by atoms with E-state index in [9.17, 15) is 0 Å². The number of likely N-dealkylation sites (tertiary alicyclic amines) is 1. The first-order valence-corrected chi connectivity index (χ1v) is 7.99. The summed E-state index contributed by atoms with van der Waals surface area (Å²) in [7, 11) is 0. The minimum absolute atomic E-state index is 0.0975. The van der Waals surface area contributed by atoms with Gasteiger partial charge >= 0.3 is 0 Å². The van der Waals surface area contributed by atoms with Crippen LogP contribution in [-0.4, -0.2) is 41.4 Å². The van der Waals surface area contributed by atoms with Crippen molar-refractivity contribution in [1.29, 1.82) is 0 Å². The Morgan fingerprint density at radius 2 is 2.10 bits per heavy atom. The van der Waals surface area contributed by atoms with Gasteiger partial charge in [0.05, 0.1) is 18.3 Å². The van der Waals surface area contributed by atoms with Crippen molar-refractivity contribution >= 4 is 0 Å². The molecule has 1 fully saturated rings. The molecule has 5 heteroatoms. The molecule has 21 heavy (non-hydrogen) atoms. The molecule has 1 aliphatic rings. The topological polar surface area (TPSA) is 50.5 Å². The van der Waals surface area contributed by atoms with Crippen LogP contribution in [0.2, 0.25) is 0 Å². The first-order chi connectivity index (χ1) is 9.96. The SMILES string of the molecule is CCOC1CCN(Cc2cc(CNC(C)(C)C)no2)CC1. The summed E-state index contributed by atoms with van der Waals surface area (Å²) in [6.07, 6.45) is 2.66. The second-order valence-electron chi connectivity index (χ2n) is 6.82. The highest BCUT2D eigenvalue weighted by atomic mass is 16.5. The average molecular weight is 295 g/mol. The maximum atomic E-state index is 5.68. The predicted molar refractivity (Wildman–Crippen MR) is 83.0 cm³/mol. The van der Waals surface area contributed by atoms with E-state index in [1.165, 1.54) is 0 Å². The van der Waals surface area contributed by atoms with Gasteiger partial charge in [-0.15, -0.1) is 0 Å². The first kappa shape index (κ1) is 16.5. The monoisotopic (exact) mass is 295 g/mol. The number of rotatable bonds is 6. The smallest absolute Gasteiger partial charge is 0.151 e. The van der Waals surface area contributed by atoms with Crippen LogP contribution in [0.1, 0.15) is 52.0 Å². The number of aromatic nitrogens is 1. The molecule has 0 aromatic carbocycles. The van der Waals surface area contributed by atoms with E-state index in [-0.39, 0.29) is 5.54 Å². The Morgan fingerprint density at radius 3 is 2.71 bits per heavy atom. The van der Waals surface area contributed by atoms with Gasteiger partial charge in [0, 0.05) is 37.8 Å². The van der Waals surface area contributed by atoms with Crippen molar-refractivity contribution in [3.05, 3.63) is 17.5 Å². The summed E-state index contributed by atoms with van der Waals surface area (Å²) in [6, 6.07) is 2.06. The largest absolute Gasteiger partial charge is 0.378 e. The zero-order valence-electron chi connectivity index (χ0n) is 13.8. The number of hydrogen-bond donors (Lipinski definition) is 1. The van der Waals surface area contributed by atoms with Gasteiger partial charge in [-0.3, -0.25) is 4.90 Å². The molecule has 1 N–H and O–H groups in total. The van der Waals surface area contributed by atoms with Gasteiger partial charge in [-0.1, -0.05) is 5.16 Å². The van der Waals surface area contributed by atoms with Crippen molar-refractivity contribution < 1.29 is 9.26 Å². The zero-order valence-corrected chi connectivity index (χ0v) is 13.8. The Hall–Kier alpha value is -0.910. The van der Waals surface area contributed by atoms with Gasteiger partial charge in [-0.2, -0.15) is 0 Å². The fourth-order valence-electron chi connectivity index (χ4n) is 2.56. The molecule has 0 amide bonds. The molecule has 1 aromatic heterocycles. The van der Waals surface area contributed by atoms with Gasteiger partial charge in [0.15, 0.2) is 5.76 Å². The van der Waals surface area contributed by atoms with Crippen LogP contribution in [0.3, 0.4) is 0 Å². The van der Waals surface area contributed by atoms with E-state index in [4.69, 9.17) is 9.26 Å². The predicted octanol–water partition coefficient (Wildman–Crippen LogP) is 2.56. The van der Waals surface area contributed by atoms with E-state index in [0.29, 0.717) is 6.10 Å². The normalized spacial score (nSPS) is 18.3. The fraction of sp³-hybridized carbons (Fsp3) is 0.812. The van der Waals surface area contributed by atoms with Crippen LogP contribution in [-0.2, 0) is 17.8 Å². The van der Waals surface area contributed by atoms with E-state index >= 15 is 0 Å².